The van der Waals surface area contributed by atoms with Crippen molar-refractivity contribution in [1.82, 2.24) is 0 Å². The van der Waals surface area contributed by atoms with Gasteiger partial charge in [0.2, 0.25) is 0 Å². The van der Waals surface area contributed by atoms with E-state index < -0.39 is 6.23 Å². The normalized spacial score (nSPS) is 11.5. The molecule has 0 bridgehead atoms. The lowest BCUT2D eigenvalue weighted by Crippen LogP contribution is -2.12. The number of nitrogens with two attached hydrogens (primary N) is 1. The number of esters is 1. The third kappa shape index (κ3) is 5.27. The summed E-state index contributed by atoms with van der Waals surface area (Å²) in [6, 6.07) is 6.85. The summed E-state index contributed by atoms with van der Waals surface area (Å²) in [6.45, 7) is 0.824. The zero-order valence-corrected chi connectivity index (χ0v) is 11.4. The van der Waals surface area contributed by atoms with Crippen molar-refractivity contribution in [2.24, 2.45) is 10.8 Å². The lowest BCUT2D eigenvalue weighted by atomic mass is 10.1. The van der Waals surface area contributed by atoms with Crippen molar-refractivity contribution in [1.29, 1.82) is 0 Å². The lowest BCUT2D eigenvalue weighted by Gasteiger charge is -2.12. The van der Waals surface area contributed by atoms with Crippen LogP contribution in [0.2, 0.25) is 0 Å². The third-order valence-electron chi connectivity index (χ3n) is 2.65. The van der Waals surface area contributed by atoms with E-state index in [4.69, 9.17) is 16.0 Å². The molecular weight excluding hydrogens is 260 g/mol. The quantitative estimate of drug-likeness (QED) is 0.340. The molecule has 0 aliphatic heterocycles. The maximum Gasteiger partial charge on any atom is 0.337 e. The molecule has 0 saturated heterocycles. The number of rotatable bonds is 8. The third-order valence-corrected chi connectivity index (χ3v) is 2.65. The number of benzene rings is 1. The van der Waals surface area contributed by atoms with E-state index in [2.05, 4.69) is 14.8 Å². The molecule has 0 saturated carbocycles. The number of methoxy groups -OCH3 is 1. The van der Waals surface area contributed by atoms with Crippen LogP contribution in [0.5, 0.6) is 0 Å². The molecule has 0 aliphatic rings. The molecule has 1 aromatic rings. The first-order chi connectivity index (χ1) is 9.71. The fourth-order valence-electron chi connectivity index (χ4n) is 1.57. The van der Waals surface area contributed by atoms with Crippen LogP contribution in [-0.4, -0.2) is 25.9 Å². The molecule has 0 aliphatic carbocycles. The lowest BCUT2D eigenvalue weighted by molar-refractivity contribution is 0.0388. The van der Waals surface area contributed by atoms with Crippen molar-refractivity contribution in [3.8, 4) is 0 Å². The van der Waals surface area contributed by atoms with E-state index >= 15 is 0 Å². The standard InChI is InChI=1S/C13H18N4O3/c1-19-13(18)11-6-4-10(5-7-11)9-20-12(16-17-15)3-2-8-14/h4-7,12H,2-3,8-9,14H2,1H3. The Morgan fingerprint density at radius 2 is 2.15 bits per heavy atom. The SMILES string of the molecule is COC(=O)c1ccc(COC(CCCN)N=[N+]=[N-])cc1. The monoisotopic (exact) mass is 278 g/mol. The van der Waals surface area contributed by atoms with Gasteiger partial charge in [0.1, 0.15) is 6.23 Å². The highest BCUT2D eigenvalue weighted by molar-refractivity contribution is 5.89. The number of carbonyl (C=O) groups excluding carboxylic acids is 1. The highest BCUT2D eigenvalue weighted by atomic mass is 16.5. The van der Waals surface area contributed by atoms with Crippen LogP contribution in [-0.2, 0) is 16.1 Å². The minimum absolute atomic E-state index is 0.301. The first-order valence-corrected chi connectivity index (χ1v) is 6.24. The van der Waals surface area contributed by atoms with Gasteiger partial charge in [-0.05, 0) is 42.6 Å². The van der Waals surface area contributed by atoms with Gasteiger partial charge in [0.25, 0.3) is 0 Å². The molecule has 2 N–H and O–H groups in total. The molecule has 20 heavy (non-hydrogen) atoms. The summed E-state index contributed by atoms with van der Waals surface area (Å²) >= 11 is 0. The van der Waals surface area contributed by atoms with E-state index in [0.29, 0.717) is 25.1 Å². The van der Waals surface area contributed by atoms with Gasteiger partial charge >= 0.3 is 5.97 Å². The summed E-state index contributed by atoms with van der Waals surface area (Å²) in [5, 5.41) is 3.56. The summed E-state index contributed by atoms with van der Waals surface area (Å²) < 4.78 is 10.1. The Kier molecular flexibility index (Phi) is 7.13. The second-order valence-corrected chi connectivity index (χ2v) is 4.09. The predicted molar refractivity (Wildman–Crippen MR) is 73.8 cm³/mol. The zero-order chi connectivity index (χ0) is 14.8. The molecule has 0 aromatic heterocycles. The Bertz CT molecular complexity index is 469. The molecule has 0 heterocycles. The molecule has 7 heteroatoms. The molecule has 1 unspecified atom stereocenters. The van der Waals surface area contributed by atoms with Gasteiger partial charge in [0.15, 0.2) is 0 Å². The fraction of sp³-hybridized carbons (Fsp3) is 0.462. The van der Waals surface area contributed by atoms with Crippen LogP contribution in [0.25, 0.3) is 10.4 Å². The average Bonchev–Trinajstić information content (AvgIpc) is 2.49. The van der Waals surface area contributed by atoms with Gasteiger partial charge < -0.3 is 15.2 Å². The Morgan fingerprint density at radius 1 is 1.45 bits per heavy atom. The highest BCUT2D eigenvalue weighted by Gasteiger charge is 2.08. The average molecular weight is 278 g/mol. The van der Waals surface area contributed by atoms with Crippen LogP contribution in [0.1, 0.15) is 28.8 Å². The summed E-state index contributed by atoms with van der Waals surface area (Å²) in [4.78, 5) is 14.0. The molecule has 1 rings (SSSR count). The number of ether oxygens (including phenoxy) is 2. The van der Waals surface area contributed by atoms with E-state index in [1.807, 2.05) is 0 Å². The number of hydrogen-bond acceptors (Lipinski definition) is 5. The molecule has 108 valence electrons. The van der Waals surface area contributed by atoms with Crippen molar-refractivity contribution in [2.75, 3.05) is 13.7 Å². The number of azide groups is 1. The minimum Gasteiger partial charge on any atom is -0.465 e. The molecule has 1 atom stereocenters. The number of carbonyl (C=O) groups is 1. The molecule has 7 nitrogen and oxygen atoms in total. The second-order valence-electron chi connectivity index (χ2n) is 4.09. The van der Waals surface area contributed by atoms with Gasteiger partial charge in [-0.1, -0.05) is 17.2 Å². The van der Waals surface area contributed by atoms with Crippen LogP contribution in [0.15, 0.2) is 29.4 Å². The first-order valence-electron chi connectivity index (χ1n) is 6.24. The van der Waals surface area contributed by atoms with E-state index in [1.165, 1.54) is 7.11 Å². The van der Waals surface area contributed by atoms with Gasteiger partial charge in [-0.15, -0.1) is 0 Å². The van der Waals surface area contributed by atoms with Crippen LogP contribution in [0.3, 0.4) is 0 Å². The highest BCUT2D eigenvalue weighted by Crippen LogP contribution is 2.11. The summed E-state index contributed by atoms with van der Waals surface area (Å²) in [6.07, 6.45) is 0.787. The van der Waals surface area contributed by atoms with Crippen LogP contribution < -0.4 is 5.73 Å². The molecule has 0 radical (unpaired) electrons. The van der Waals surface area contributed by atoms with E-state index in [9.17, 15) is 4.79 Å². The van der Waals surface area contributed by atoms with Crippen LogP contribution in [0.4, 0.5) is 0 Å². The topological polar surface area (TPSA) is 110 Å². The van der Waals surface area contributed by atoms with Crippen molar-refractivity contribution < 1.29 is 14.3 Å². The Hall–Kier alpha value is -2.08. The largest absolute Gasteiger partial charge is 0.465 e. The van der Waals surface area contributed by atoms with Crippen molar-refractivity contribution in [3.63, 3.8) is 0 Å². The summed E-state index contributed by atoms with van der Waals surface area (Å²) in [7, 11) is 1.33. The van der Waals surface area contributed by atoms with Gasteiger partial charge in [0, 0.05) is 4.91 Å². The predicted octanol–water partition coefficient (Wildman–Crippen LogP) is 2.37. The molecule has 0 spiro atoms. The smallest absolute Gasteiger partial charge is 0.337 e. The molecule has 0 amide bonds. The second kappa shape index (κ2) is 8.92. The van der Waals surface area contributed by atoms with Crippen LogP contribution in [0, 0.1) is 0 Å². The van der Waals surface area contributed by atoms with Crippen molar-refractivity contribution >= 4 is 5.97 Å². The maximum absolute atomic E-state index is 11.3. The number of nitrogens with zero attached hydrogens (tertiary/aromatic N) is 3. The van der Waals surface area contributed by atoms with Crippen molar-refractivity contribution in [3.05, 3.63) is 45.8 Å². The fourth-order valence-corrected chi connectivity index (χ4v) is 1.57. The first kappa shape index (κ1) is 16.0. The van der Waals surface area contributed by atoms with Crippen LogP contribution >= 0.6 is 0 Å². The Balaban J connectivity index is 2.55. The summed E-state index contributed by atoms with van der Waals surface area (Å²) in [5.74, 6) is -0.382. The van der Waals surface area contributed by atoms with Gasteiger partial charge in [-0.3, -0.25) is 0 Å². The van der Waals surface area contributed by atoms with E-state index in [0.717, 1.165) is 12.0 Å². The van der Waals surface area contributed by atoms with Crippen molar-refractivity contribution in [2.45, 2.75) is 25.7 Å². The molecule has 1 aromatic carbocycles. The van der Waals surface area contributed by atoms with E-state index in [1.54, 1.807) is 24.3 Å². The van der Waals surface area contributed by atoms with Gasteiger partial charge in [-0.25, -0.2) is 4.79 Å². The molecule has 0 fully saturated rings. The van der Waals surface area contributed by atoms with E-state index in [-0.39, 0.29) is 5.97 Å². The van der Waals surface area contributed by atoms with Gasteiger partial charge in [-0.2, -0.15) is 0 Å². The summed E-state index contributed by atoms with van der Waals surface area (Å²) in [5.41, 5.74) is 15.2. The maximum atomic E-state index is 11.3. The zero-order valence-electron chi connectivity index (χ0n) is 11.4. The molecular formula is C13H18N4O3. The Morgan fingerprint density at radius 3 is 2.70 bits per heavy atom. The minimum atomic E-state index is -0.524. The number of hydrogen-bond donors (Lipinski definition) is 1. The Labute approximate surface area is 117 Å². The van der Waals surface area contributed by atoms with Gasteiger partial charge in [0.05, 0.1) is 19.3 Å².